The number of piperidine rings is 1. The summed E-state index contributed by atoms with van der Waals surface area (Å²) in [6, 6.07) is 3.83. The van der Waals surface area contributed by atoms with E-state index in [1.54, 1.807) is 6.07 Å². The fraction of sp³-hybridized carbons (Fsp3) is 0.632. The van der Waals surface area contributed by atoms with Gasteiger partial charge in [-0.15, -0.1) is 0 Å². The van der Waals surface area contributed by atoms with E-state index in [9.17, 15) is 9.90 Å². The van der Waals surface area contributed by atoms with Crippen LogP contribution < -0.4 is 9.64 Å². The van der Waals surface area contributed by atoms with E-state index < -0.39 is 0 Å². The molecule has 1 fully saturated rings. The Bertz CT molecular complexity index is 582. The van der Waals surface area contributed by atoms with E-state index >= 15 is 0 Å². The number of fused-ring (bicyclic) bond motifs is 3. The van der Waals surface area contributed by atoms with Crippen LogP contribution in [0.25, 0.3) is 0 Å². The molecule has 126 valence electrons. The lowest BCUT2D eigenvalue weighted by Crippen LogP contribution is -2.44. The molecular weight excluding hydrogens is 290 g/mol. The Kier molecular flexibility index (Phi) is 4.79. The smallest absolute Gasteiger partial charge is 0.170 e. The molecule has 4 nitrogen and oxygen atoms in total. The van der Waals surface area contributed by atoms with E-state index in [0.29, 0.717) is 36.3 Å². The van der Waals surface area contributed by atoms with Gasteiger partial charge in [-0.3, -0.25) is 4.79 Å². The summed E-state index contributed by atoms with van der Waals surface area (Å²) < 4.78 is 5.82. The lowest BCUT2D eigenvalue weighted by molar-refractivity contribution is 0.0958. The minimum Gasteiger partial charge on any atom is -0.507 e. The van der Waals surface area contributed by atoms with Crippen LogP contribution >= 0.6 is 0 Å². The number of anilines is 1. The summed E-state index contributed by atoms with van der Waals surface area (Å²) in [5.74, 6) is 1.47. The highest BCUT2D eigenvalue weighted by atomic mass is 16.5. The molecule has 0 saturated carbocycles. The summed E-state index contributed by atoms with van der Waals surface area (Å²) >= 11 is 0. The van der Waals surface area contributed by atoms with Gasteiger partial charge >= 0.3 is 0 Å². The second-order valence-electron chi connectivity index (χ2n) is 7.19. The largest absolute Gasteiger partial charge is 0.507 e. The number of ketones is 1. The maximum Gasteiger partial charge on any atom is 0.170 e. The number of carbonyl (C=O) groups excluding carboxylic acids is 1. The minimum absolute atomic E-state index is 0.0620. The van der Waals surface area contributed by atoms with E-state index in [1.807, 2.05) is 6.07 Å². The van der Waals surface area contributed by atoms with Crippen LogP contribution in [0, 0.1) is 5.92 Å². The predicted octanol–water partition coefficient (Wildman–Crippen LogP) is 4.15. The molecule has 0 aliphatic carbocycles. The maximum absolute atomic E-state index is 12.4. The lowest BCUT2D eigenvalue weighted by Gasteiger charge is -2.41. The Labute approximate surface area is 138 Å². The number of hydrogen-bond acceptors (Lipinski definition) is 4. The molecule has 3 rings (SSSR count). The van der Waals surface area contributed by atoms with Gasteiger partial charge in [0.25, 0.3) is 0 Å². The van der Waals surface area contributed by atoms with E-state index in [2.05, 4.69) is 18.7 Å². The van der Waals surface area contributed by atoms with Gasteiger partial charge in [-0.25, -0.2) is 0 Å². The number of aromatic hydroxyl groups is 1. The van der Waals surface area contributed by atoms with Crippen molar-refractivity contribution in [1.82, 2.24) is 0 Å². The van der Waals surface area contributed by atoms with E-state index in [4.69, 9.17) is 4.74 Å². The van der Waals surface area contributed by atoms with Gasteiger partial charge in [0.05, 0.1) is 17.9 Å². The third-order valence-electron chi connectivity index (χ3n) is 4.90. The van der Waals surface area contributed by atoms with Crippen LogP contribution in [0.3, 0.4) is 0 Å². The van der Waals surface area contributed by atoms with E-state index in [0.717, 1.165) is 37.9 Å². The van der Waals surface area contributed by atoms with Gasteiger partial charge in [0.15, 0.2) is 5.78 Å². The van der Waals surface area contributed by atoms with Crippen LogP contribution in [0.15, 0.2) is 12.1 Å². The van der Waals surface area contributed by atoms with Crippen LogP contribution in [0.5, 0.6) is 11.5 Å². The monoisotopic (exact) mass is 317 g/mol. The topological polar surface area (TPSA) is 49.8 Å². The fourth-order valence-corrected chi connectivity index (χ4v) is 3.71. The van der Waals surface area contributed by atoms with Gasteiger partial charge < -0.3 is 14.7 Å². The molecule has 2 heterocycles. The first-order valence-electron chi connectivity index (χ1n) is 8.86. The molecule has 4 heteroatoms. The molecule has 1 aromatic carbocycles. The molecule has 1 aromatic rings. The number of phenols is 1. The molecule has 1 N–H and O–H groups in total. The number of Topliss-reactive ketones (excluding diaryl/α,β-unsaturated/α-hetero) is 1. The molecule has 0 aromatic heterocycles. The molecule has 1 atom stereocenters. The fourth-order valence-electron chi connectivity index (χ4n) is 3.71. The van der Waals surface area contributed by atoms with Gasteiger partial charge in [-0.05, 0) is 38.0 Å². The highest BCUT2D eigenvalue weighted by Crippen LogP contribution is 2.42. The number of rotatable bonds is 5. The highest BCUT2D eigenvalue weighted by molar-refractivity contribution is 6.06. The van der Waals surface area contributed by atoms with E-state index in [-0.39, 0.29) is 11.5 Å². The Hall–Kier alpha value is -1.71. The zero-order chi connectivity index (χ0) is 16.4. The van der Waals surface area contributed by atoms with Gasteiger partial charge in [0.1, 0.15) is 11.5 Å². The Morgan fingerprint density at radius 2 is 2.17 bits per heavy atom. The van der Waals surface area contributed by atoms with Crippen molar-refractivity contribution in [2.45, 2.75) is 58.4 Å². The number of nitrogens with zero attached hydrogens (tertiary/aromatic N) is 1. The van der Waals surface area contributed by atoms with Crippen LogP contribution in [0.1, 0.15) is 62.7 Å². The van der Waals surface area contributed by atoms with Crippen LogP contribution in [0.2, 0.25) is 0 Å². The molecule has 1 saturated heterocycles. The first-order valence-corrected chi connectivity index (χ1v) is 8.86. The molecule has 2 aliphatic rings. The normalized spacial score (nSPS) is 20.4. The summed E-state index contributed by atoms with van der Waals surface area (Å²) in [5.41, 5.74) is 1.35. The average molecular weight is 317 g/mol. The number of ether oxygens (including phenoxy) is 1. The predicted molar refractivity (Wildman–Crippen MR) is 91.6 cm³/mol. The Morgan fingerprint density at radius 1 is 1.35 bits per heavy atom. The summed E-state index contributed by atoms with van der Waals surface area (Å²) in [5, 5.41) is 10.3. The number of carbonyl (C=O) groups is 1. The number of phenolic OH excluding ortho intramolecular Hbond substituents is 1. The molecule has 2 aliphatic heterocycles. The molecule has 1 unspecified atom stereocenters. The van der Waals surface area contributed by atoms with Crippen LogP contribution in [-0.2, 0) is 0 Å². The first-order chi connectivity index (χ1) is 11.1. The number of hydrogen-bond donors (Lipinski definition) is 1. The Balaban J connectivity index is 1.80. The minimum atomic E-state index is 0.0620. The third kappa shape index (κ3) is 3.46. The summed E-state index contributed by atoms with van der Waals surface area (Å²) in [6.07, 6.45) is 6.04. The summed E-state index contributed by atoms with van der Waals surface area (Å²) in [7, 11) is 0. The zero-order valence-electron chi connectivity index (χ0n) is 14.2. The summed E-state index contributed by atoms with van der Waals surface area (Å²) in [6.45, 7) is 6.01. The first kappa shape index (κ1) is 16.2. The third-order valence-corrected chi connectivity index (χ3v) is 4.90. The molecular formula is C19H27NO3. The molecule has 23 heavy (non-hydrogen) atoms. The van der Waals surface area contributed by atoms with Gasteiger partial charge in [0.2, 0.25) is 0 Å². The lowest BCUT2D eigenvalue weighted by atomic mass is 9.88. The average Bonchev–Trinajstić information content (AvgIpc) is 2.51. The summed E-state index contributed by atoms with van der Waals surface area (Å²) in [4.78, 5) is 14.7. The van der Waals surface area contributed by atoms with Gasteiger partial charge in [0, 0.05) is 31.1 Å². The van der Waals surface area contributed by atoms with Crippen LogP contribution in [-0.4, -0.2) is 30.1 Å². The van der Waals surface area contributed by atoms with Crippen molar-refractivity contribution < 1.29 is 14.6 Å². The molecule has 0 spiro atoms. The van der Waals surface area contributed by atoms with Crippen molar-refractivity contribution in [3.8, 4) is 11.5 Å². The quantitative estimate of drug-likeness (QED) is 0.829. The SMILES string of the molecule is CC(C)CCCOc1cc(O)c2c(c1)N1CCCCC1CC2=O. The van der Waals surface area contributed by atoms with Gasteiger partial charge in [-0.2, -0.15) is 0 Å². The van der Waals surface area contributed by atoms with Crippen molar-refractivity contribution >= 4 is 11.5 Å². The molecule has 0 radical (unpaired) electrons. The van der Waals surface area contributed by atoms with Crippen molar-refractivity contribution in [2.24, 2.45) is 5.92 Å². The zero-order valence-corrected chi connectivity index (χ0v) is 14.2. The molecule has 0 bridgehead atoms. The number of benzene rings is 1. The van der Waals surface area contributed by atoms with Crippen LogP contribution in [0.4, 0.5) is 5.69 Å². The highest BCUT2D eigenvalue weighted by Gasteiger charge is 2.35. The maximum atomic E-state index is 12.4. The van der Waals surface area contributed by atoms with Gasteiger partial charge in [-0.1, -0.05) is 13.8 Å². The van der Waals surface area contributed by atoms with Crippen molar-refractivity contribution in [2.75, 3.05) is 18.1 Å². The van der Waals surface area contributed by atoms with Crippen molar-refractivity contribution in [3.63, 3.8) is 0 Å². The standard InChI is InChI=1S/C19H27NO3/c1-13(2)6-5-9-23-15-11-16-19(18(22)12-15)17(21)10-14-7-3-4-8-20(14)16/h11-14,22H,3-10H2,1-2H3. The second kappa shape index (κ2) is 6.81. The Morgan fingerprint density at radius 3 is 2.96 bits per heavy atom. The molecule has 0 amide bonds. The van der Waals surface area contributed by atoms with Crippen molar-refractivity contribution in [1.29, 1.82) is 0 Å². The van der Waals surface area contributed by atoms with Crippen molar-refractivity contribution in [3.05, 3.63) is 17.7 Å². The van der Waals surface area contributed by atoms with E-state index in [1.165, 1.54) is 6.42 Å². The second-order valence-corrected chi connectivity index (χ2v) is 7.19.